The summed E-state index contributed by atoms with van der Waals surface area (Å²) in [5.74, 6) is 0.487. The standard InChI is InChI=1S/C25H27N3O/c1-17-5-12-21-22-15-20(16-27-24(22)25(26)28-23(21)14-17)11-10-19-8-6-18(7-9-19)4-2-3-13-29/h5-9,12,14-16,29H,2-4,10-11,13H2,1H3,(H2,26,28). The Morgan fingerprint density at radius 3 is 2.31 bits per heavy atom. The van der Waals surface area contributed by atoms with Gasteiger partial charge in [-0.25, -0.2) is 4.98 Å². The molecule has 0 saturated heterocycles. The number of unbranched alkanes of at least 4 members (excludes halogenated alkanes) is 1. The molecule has 0 aliphatic heterocycles. The SMILES string of the molecule is Cc1ccc2c(c1)nc(N)c1ncc(CCc3ccc(CCCCO)cc3)cc12. The summed E-state index contributed by atoms with van der Waals surface area (Å²) in [6, 6.07) is 17.3. The summed E-state index contributed by atoms with van der Waals surface area (Å²) in [4.78, 5) is 9.14. The first-order valence-corrected chi connectivity index (χ1v) is 10.3. The Morgan fingerprint density at radius 1 is 0.828 bits per heavy atom. The summed E-state index contributed by atoms with van der Waals surface area (Å²) >= 11 is 0. The average molecular weight is 386 g/mol. The van der Waals surface area contributed by atoms with Crippen molar-refractivity contribution in [3.05, 3.63) is 77.0 Å². The third-order valence-corrected chi connectivity index (χ3v) is 5.47. The first kappa shape index (κ1) is 19.3. The maximum Gasteiger partial charge on any atom is 0.150 e. The Hall–Kier alpha value is -2.98. The predicted molar refractivity (Wildman–Crippen MR) is 120 cm³/mol. The number of nitrogens with zero attached hydrogens (tertiary/aromatic N) is 2. The van der Waals surface area contributed by atoms with Crippen molar-refractivity contribution < 1.29 is 5.11 Å². The van der Waals surface area contributed by atoms with Crippen LogP contribution in [0, 0.1) is 6.92 Å². The summed E-state index contributed by atoms with van der Waals surface area (Å²) in [5.41, 5.74) is 12.9. The monoisotopic (exact) mass is 385 g/mol. The van der Waals surface area contributed by atoms with E-state index in [1.807, 2.05) is 6.20 Å². The maximum atomic E-state index is 8.90. The first-order chi connectivity index (χ1) is 14.1. The lowest BCUT2D eigenvalue weighted by Gasteiger charge is -2.09. The number of aryl methyl sites for hydroxylation is 4. The first-order valence-electron chi connectivity index (χ1n) is 10.3. The number of hydrogen-bond donors (Lipinski definition) is 2. The fourth-order valence-corrected chi connectivity index (χ4v) is 3.80. The molecule has 0 bridgehead atoms. The van der Waals surface area contributed by atoms with Gasteiger partial charge in [0.2, 0.25) is 0 Å². The summed E-state index contributed by atoms with van der Waals surface area (Å²) in [6.07, 6.45) is 6.75. The molecule has 0 spiro atoms. The number of aromatic nitrogens is 2. The van der Waals surface area contributed by atoms with Gasteiger partial charge in [0.1, 0.15) is 5.52 Å². The molecule has 2 heterocycles. The van der Waals surface area contributed by atoms with E-state index < -0.39 is 0 Å². The Kier molecular flexibility index (Phi) is 5.72. The van der Waals surface area contributed by atoms with Gasteiger partial charge in [0.25, 0.3) is 0 Å². The third-order valence-electron chi connectivity index (χ3n) is 5.47. The Morgan fingerprint density at radius 2 is 1.55 bits per heavy atom. The molecular formula is C25H27N3O. The van der Waals surface area contributed by atoms with Crippen molar-refractivity contribution in [2.24, 2.45) is 0 Å². The highest BCUT2D eigenvalue weighted by molar-refractivity contribution is 6.08. The Balaban J connectivity index is 1.53. The number of rotatable bonds is 7. The highest BCUT2D eigenvalue weighted by Crippen LogP contribution is 2.28. The van der Waals surface area contributed by atoms with Crippen molar-refractivity contribution in [3.63, 3.8) is 0 Å². The highest BCUT2D eigenvalue weighted by atomic mass is 16.2. The van der Waals surface area contributed by atoms with Crippen LogP contribution >= 0.6 is 0 Å². The molecule has 4 aromatic rings. The topological polar surface area (TPSA) is 72.0 Å². The van der Waals surface area contributed by atoms with Gasteiger partial charge < -0.3 is 10.8 Å². The van der Waals surface area contributed by atoms with Crippen LogP contribution in [0.25, 0.3) is 21.8 Å². The second-order valence-corrected chi connectivity index (χ2v) is 7.75. The second kappa shape index (κ2) is 8.58. The number of aliphatic hydroxyl groups excluding tert-OH is 1. The number of anilines is 1. The number of fused-ring (bicyclic) bond motifs is 3. The van der Waals surface area contributed by atoms with Gasteiger partial charge in [-0.05, 0) is 73.4 Å². The van der Waals surface area contributed by atoms with E-state index in [0.29, 0.717) is 5.82 Å². The van der Waals surface area contributed by atoms with Gasteiger partial charge in [-0.2, -0.15) is 0 Å². The van der Waals surface area contributed by atoms with E-state index in [9.17, 15) is 0 Å². The maximum absolute atomic E-state index is 8.90. The van der Waals surface area contributed by atoms with E-state index in [1.54, 1.807) is 0 Å². The Bertz CT molecular complexity index is 1140. The molecule has 0 atom stereocenters. The van der Waals surface area contributed by atoms with Crippen LogP contribution < -0.4 is 5.73 Å². The van der Waals surface area contributed by atoms with E-state index in [2.05, 4.69) is 65.4 Å². The molecule has 4 heteroatoms. The lowest BCUT2D eigenvalue weighted by molar-refractivity contribution is 0.284. The van der Waals surface area contributed by atoms with Crippen molar-refractivity contribution in [1.29, 1.82) is 0 Å². The van der Waals surface area contributed by atoms with Gasteiger partial charge in [-0.1, -0.05) is 36.4 Å². The van der Waals surface area contributed by atoms with Crippen LogP contribution in [0.15, 0.2) is 54.7 Å². The third kappa shape index (κ3) is 4.38. The Labute approximate surface area is 171 Å². The molecule has 3 N–H and O–H groups in total. The molecule has 0 unspecified atom stereocenters. The molecular weight excluding hydrogens is 358 g/mol. The number of benzene rings is 2. The molecule has 2 aromatic carbocycles. The quantitative estimate of drug-likeness (QED) is 0.355. The van der Waals surface area contributed by atoms with Crippen LogP contribution in [0.3, 0.4) is 0 Å². The molecule has 0 aliphatic carbocycles. The van der Waals surface area contributed by atoms with Crippen molar-refractivity contribution in [1.82, 2.24) is 9.97 Å². The largest absolute Gasteiger partial charge is 0.396 e. The minimum atomic E-state index is 0.272. The lowest BCUT2D eigenvalue weighted by atomic mass is 10.0. The van der Waals surface area contributed by atoms with E-state index in [4.69, 9.17) is 10.8 Å². The molecule has 148 valence electrons. The van der Waals surface area contributed by atoms with E-state index in [1.165, 1.54) is 22.3 Å². The van der Waals surface area contributed by atoms with Crippen molar-refractivity contribution in [2.75, 3.05) is 12.3 Å². The lowest BCUT2D eigenvalue weighted by Crippen LogP contribution is -1.98. The van der Waals surface area contributed by atoms with Crippen LogP contribution in [-0.4, -0.2) is 21.7 Å². The predicted octanol–water partition coefficient (Wildman–Crippen LogP) is 4.77. The fourth-order valence-electron chi connectivity index (χ4n) is 3.80. The van der Waals surface area contributed by atoms with Gasteiger partial charge in [-0.15, -0.1) is 0 Å². The summed E-state index contributed by atoms with van der Waals surface area (Å²) in [7, 11) is 0. The van der Waals surface area contributed by atoms with Crippen molar-refractivity contribution >= 4 is 27.6 Å². The minimum absolute atomic E-state index is 0.272. The number of nitrogens with two attached hydrogens (primary N) is 1. The van der Waals surface area contributed by atoms with Crippen LogP contribution in [0.4, 0.5) is 5.82 Å². The highest BCUT2D eigenvalue weighted by Gasteiger charge is 2.09. The number of nitrogen functional groups attached to an aromatic ring is 1. The molecule has 0 amide bonds. The number of pyridine rings is 2. The smallest absolute Gasteiger partial charge is 0.150 e. The molecule has 0 saturated carbocycles. The van der Waals surface area contributed by atoms with E-state index in [-0.39, 0.29) is 6.61 Å². The second-order valence-electron chi connectivity index (χ2n) is 7.75. The minimum Gasteiger partial charge on any atom is -0.396 e. The zero-order valence-electron chi connectivity index (χ0n) is 16.9. The van der Waals surface area contributed by atoms with Gasteiger partial charge in [0, 0.05) is 23.6 Å². The fraction of sp³-hybridized carbons (Fsp3) is 0.280. The molecule has 2 aromatic heterocycles. The van der Waals surface area contributed by atoms with Gasteiger partial charge in [0.15, 0.2) is 5.82 Å². The van der Waals surface area contributed by atoms with Crippen LogP contribution in [-0.2, 0) is 19.3 Å². The van der Waals surface area contributed by atoms with E-state index >= 15 is 0 Å². The summed E-state index contributed by atoms with van der Waals surface area (Å²) < 4.78 is 0. The number of aliphatic hydroxyl groups is 1. The van der Waals surface area contributed by atoms with Gasteiger partial charge in [-0.3, -0.25) is 4.98 Å². The summed E-state index contributed by atoms with van der Waals surface area (Å²) in [6.45, 7) is 2.34. The molecule has 4 nitrogen and oxygen atoms in total. The van der Waals surface area contributed by atoms with Gasteiger partial charge in [0.05, 0.1) is 5.52 Å². The normalized spacial score (nSPS) is 11.4. The zero-order valence-corrected chi connectivity index (χ0v) is 16.9. The van der Waals surface area contributed by atoms with E-state index in [0.717, 1.165) is 53.9 Å². The molecule has 0 fully saturated rings. The molecule has 0 radical (unpaired) electrons. The van der Waals surface area contributed by atoms with Crippen LogP contribution in [0.5, 0.6) is 0 Å². The zero-order chi connectivity index (χ0) is 20.2. The molecule has 0 aliphatic rings. The van der Waals surface area contributed by atoms with Crippen LogP contribution in [0.2, 0.25) is 0 Å². The number of hydrogen-bond acceptors (Lipinski definition) is 4. The van der Waals surface area contributed by atoms with Crippen LogP contribution in [0.1, 0.15) is 35.1 Å². The average Bonchev–Trinajstić information content (AvgIpc) is 2.73. The molecule has 4 rings (SSSR count). The van der Waals surface area contributed by atoms with Gasteiger partial charge >= 0.3 is 0 Å². The summed E-state index contributed by atoms with van der Waals surface area (Å²) in [5, 5.41) is 11.1. The molecule has 29 heavy (non-hydrogen) atoms. The van der Waals surface area contributed by atoms with Crippen molar-refractivity contribution in [3.8, 4) is 0 Å². The van der Waals surface area contributed by atoms with Crippen molar-refractivity contribution in [2.45, 2.75) is 39.0 Å².